The van der Waals surface area contributed by atoms with Gasteiger partial charge in [-0.1, -0.05) is 29.8 Å². The van der Waals surface area contributed by atoms with Crippen molar-refractivity contribution in [3.63, 3.8) is 0 Å². The van der Waals surface area contributed by atoms with Gasteiger partial charge in [0.15, 0.2) is 11.6 Å². The summed E-state index contributed by atoms with van der Waals surface area (Å²) >= 11 is 0. The van der Waals surface area contributed by atoms with Crippen molar-refractivity contribution in [1.82, 2.24) is 9.21 Å². The number of hydrogen-bond acceptors (Lipinski definition) is 4. The molecule has 0 aliphatic carbocycles. The topological polar surface area (TPSA) is 69.7 Å². The zero-order valence-electron chi connectivity index (χ0n) is 18.7. The SMILES string of the molecule is Cc1ccc(S(=O)(=O)N2CCN(Cc3cccc(C(=O)Nc4ccc(F)c(F)c4)c3)CC2)cc1. The molecule has 1 saturated heterocycles. The number of carbonyl (C=O) groups is 1. The van der Waals surface area contributed by atoms with Gasteiger partial charge in [0.1, 0.15) is 0 Å². The van der Waals surface area contributed by atoms with Crippen LogP contribution in [0.3, 0.4) is 0 Å². The Morgan fingerprint density at radius 3 is 2.29 bits per heavy atom. The third-order valence-corrected chi connectivity index (χ3v) is 7.68. The minimum Gasteiger partial charge on any atom is -0.322 e. The Morgan fingerprint density at radius 2 is 1.62 bits per heavy atom. The average Bonchev–Trinajstić information content (AvgIpc) is 2.82. The van der Waals surface area contributed by atoms with Crippen molar-refractivity contribution >= 4 is 21.6 Å². The number of nitrogens with one attached hydrogen (secondary N) is 1. The van der Waals surface area contributed by atoms with Gasteiger partial charge in [-0.3, -0.25) is 9.69 Å². The largest absolute Gasteiger partial charge is 0.322 e. The van der Waals surface area contributed by atoms with Crippen LogP contribution in [0.15, 0.2) is 71.6 Å². The van der Waals surface area contributed by atoms with Crippen LogP contribution in [0.4, 0.5) is 14.5 Å². The van der Waals surface area contributed by atoms with Gasteiger partial charge in [0.25, 0.3) is 5.91 Å². The molecule has 0 radical (unpaired) electrons. The van der Waals surface area contributed by atoms with E-state index in [1.54, 1.807) is 42.5 Å². The molecule has 0 aromatic heterocycles. The molecule has 178 valence electrons. The van der Waals surface area contributed by atoms with E-state index < -0.39 is 27.6 Å². The fraction of sp³-hybridized carbons (Fsp3) is 0.240. The van der Waals surface area contributed by atoms with Crippen LogP contribution in [-0.4, -0.2) is 49.7 Å². The number of carbonyl (C=O) groups excluding carboxylic acids is 1. The van der Waals surface area contributed by atoms with Gasteiger partial charge in [0.2, 0.25) is 10.0 Å². The summed E-state index contributed by atoms with van der Waals surface area (Å²) in [6.45, 7) is 4.37. The Balaban J connectivity index is 1.36. The first-order valence-electron chi connectivity index (χ1n) is 10.9. The van der Waals surface area contributed by atoms with Crippen LogP contribution in [0.2, 0.25) is 0 Å². The van der Waals surface area contributed by atoms with Gasteiger partial charge in [-0.05, 0) is 48.9 Å². The van der Waals surface area contributed by atoms with Gasteiger partial charge >= 0.3 is 0 Å². The predicted octanol–water partition coefficient (Wildman–Crippen LogP) is 4.03. The van der Waals surface area contributed by atoms with E-state index in [9.17, 15) is 22.0 Å². The van der Waals surface area contributed by atoms with Gasteiger partial charge in [0.05, 0.1) is 4.90 Å². The summed E-state index contributed by atoms with van der Waals surface area (Å²) in [6.07, 6.45) is 0. The second-order valence-electron chi connectivity index (χ2n) is 8.28. The number of sulfonamides is 1. The van der Waals surface area contributed by atoms with E-state index in [-0.39, 0.29) is 5.69 Å². The lowest BCUT2D eigenvalue weighted by atomic mass is 10.1. The highest BCUT2D eigenvalue weighted by Gasteiger charge is 2.28. The normalized spacial score (nSPS) is 15.3. The first-order chi connectivity index (χ1) is 16.2. The summed E-state index contributed by atoms with van der Waals surface area (Å²) in [5, 5.41) is 2.57. The molecule has 1 fully saturated rings. The molecule has 1 N–H and O–H groups in total. The highest BCUT2D eigenvalue weighted by atomic mass is 32.2. The van der Waals surface area contributed by atoms with Crippen LogP contribution in [0, 0.1) is 18.6 Å². The van der Waals surface area contributed by atoms with Crippen molar-refractivity contribution < 1.29 is 22.0 Å². The van der Waals surface area contributed by atoms with E-state index in [1.807, 2.05) is 13.0 Å². The van der Waals surface area contributed by atoms with Crippen molar-refractivity contribution in [1.29, 1.82) is 0 Å². The molecule has 4 rings (SSSR count). The lowest BCUT2D eigenvalue weighted by Gasteiger charge is -2.34. The Bertz CT molecular complexity index is 1290. The minimum absolute atomic E-state index is 0.167. The molecule has 0 bridgehead atoms. The van der Waals surface area contributed by atoms with E-state index >= 15 is 0 Å². The highest BCUT2D eigenvalue weighted by molar-refractivity contribution is 7.89. The molecule has 9 heteroatoms. The fourth-order valence-corrected chi connectivity index (χ4v) is 5.26. The van der Waals surface area contributed by atoms with Crippen LogP contribution in [-0.2, 0) is 16.6 Å². The summed E-state index contributed by atoms with van der Waals surface area (Å²) < 4.78 is 53.8. The van der Waals surface area contributed by atoms with Crippen molar-refractivity contribution in [3.8, 4) is 0 Å². The van der Waals surface area contributed by atoms with Gasteiger partial charge in [-0.2, -0.15) is 4.31 Å². The van der Waals surface area contributed by atoms with Crippen LogP contribution in [0.5, 0.6) is 0 Å². The standard InChI is InChI=1S/C25H25F2N3O3S/c1-18-5-8-22(9-6-18)34(32,33)30-13-11-29(12-14-30)17-19-3-2-4-20(15-19)25(31)28-21-7-10-23(26)24(27)16-21/h2-10,15-16H,11-14,17H2,1H3,(H,28,31). The van der Waals surface area contributed by atoms with Crippen molar-refractivity contribution in [2.45, 2.75) is 18.4 Å². The second kappa shape index (κ2) is 10.0. The average molecular weight is 486 g/mol. The maximum atomic E-state index is 13.4. The Labute approximate surface area is 197 Å². The molecule has 3 aromatic rings. The Hall–Kier alpha value is -3.14. The zero-order valence-corrected chi connectivity index (χ0v) is 19.5. The first kappa shape index (κ1) is 24.0. The molecule has 1 heterocycles. The molecule has 34 heavy (non-hydrogen) atoms. The third kappa shape index (κ3) is 5.49. The molecule has 1 amide bonds. The second-order valence-corrected chi connectivity index (χ2v) is 10.2. The molecule has 3 aromatic carbocycles. The van der Waals surface area contributed by atoms with Crippen LogP contribution in [0.1, 0.15) is 21.5 Å². The maximum Gasteiger partial charge on any atom is 0.255 e. The van der Waals surface area contributed by atoms with Crippen LogP contribution >= 0.6 is 0 Å². The first-order valence-corrected chi connectivity index (χ1v) is 12.3. The van der Waals surface area contributed by atoms with Gasteiger partial charge < -0.3 is 5.32 Å². The monoisotopic (exact) mass is 485 g/mol. The number of hydrogen-bond donors (Lipinski definition) is 1. The van der Waals surface area contributed by atoms with Crippen molar-refractivity contribution in [2.24, 2.45) is 0 Å². The summed E-state index contributed by atoms with van der Waals surface area (Å²) in [4.78, 5) is 15.0. The summed E-state index contributed by atoms with van der Waals surface area (Å²) in [6, 6.07) is 17.1. The summed E-state index contributed by atoms with van der Waals surface area (Å²) in [7, 11) is -3.53. The molecule has 0 saturated carbocycles. The molecule has 0 unspecified atom stereocenters. The molecule has 6 nitrogen and oxygen atoms in total. The number of rotatable bonds is 6. The van der Waals surface area contributed by atoms with Gasteiger partial charge in [0, 0.05) is 50.0 Å². The highest BCUT2D eigenvalue weighted by Crippen LogP contribution is 2.20. The van der Waals surface area contributed by atoms with Crippen LogP contribution < -0.4 is 5.32 Å². The summed E-state index contributed by atoms with van der Waals surface area (Å²) in [5.74, 6) is -2.44. The van der Waals surface area contributed by atoms with Gasteiger partial charge in [-0.15, -0.1) is 0 Å². The maximum absolute atomic E-state index is 13.4. The minimum atomic E-state index is -3.53. The van der Waals surface area contributed by atoms with Gasteiger partial charge in [-0.25, -0.2) is 17.2 Å². The summed E-state index contributed by atoms with van der Waals surface area (Å²) in [5.41, 5.74) is 2.46. The van der Waals surface area contributed by atoms with Crippen LogP contribution in [0.25, 0.3) is 0 Å². The Morgan fingerprint density at radius 1 is 0.912 bits per heavy atom. The number of nitrogens with zero attached hydrogens (tertiary/aromatic N) is 2. The molecule has 0 spiro atoms. The number of amides is 1. The smallest absolute Gasteiger partial charge is 0.255 e. The number of benzene rings is 3. The lowest BCUT2D eigenvalue weighted by molar-refractivity contribution is 0.102. The van der Waals surface area contributed by atoms with E-state index in [4.69, 9.17) is 0 Å². The lowest BCUT2D eigenvalue weighted by Crippen LogP contribution is -2.48. The fourth-order valence-electron chi connectivity index (χ4n) is 3.83. The zero-order chi connectivity index (χ0) is 24.3. The Kier molecular flexibility index (Phi) is 7.06. The van der Waals surface area contributed by atoms with Crippen molar-refractivity contribution in [2.75, 3.05) is 31.5 Å². The van der Waals surface area contributed by atoms with E-state index in [1.165, 1.54) is 10.4 Å². The molecular formula is C25H25F2N3O3S. The van der Waals surface area contributed by atoms with Crippen molar-refractivity contribution in [3.05, 3.63) is 95.1 Å². The quantitative estimate of drug-likeness (QED) is 0.572. The molecule has 0 atom stereocenters. The number of anilines is 1. The number of aryl methyl sites for hydroxylation is 1. The number of halogens is 2. The van der Waals surface area contributed by atoms with E-state index in [0.717, 1.165) is 23.3 Å². The molecule has 1 aliphatic heterocycles. The molecular weight excluding hydrogens is 460 g/mol. The third-order valence-electron chi connectivity index (χ3n) is 5.76. The van der Waals surface area contributed by atoms with E-state index in [2.05, 4.69) is 10.2 Å². The predicted molar refractivity (Wildman–Crippen MR) is 126 cm³/mol. The molecule has 1 aliphatic rings. The van der Waals surface area contributed by atoms with E-state index in [0.29, 0.717) is 43.2 Å². The number of piperazine rings is 1.